The van der Waals surface area contributed by atoms with Crippen LogP contribution in [0.25, 0.3) is 5.70 Å². The number of aliphatic hydroxyl groups is 1. The van der Waals surface area contributed by atoms with Crippen LogP contribution >= 0.6 is 0 Å². The third-order valence-electron chi connectivity index (χ3n) is 4.96. The number of hydrogen-bond donors (Lipinski definition) is 1. The monoisotopic (exact) mass is 314 g/mol. The lowest BCUT2D eigenvalue weighted by Gasteiger charge is -2.39. The molecular weight excluding hydrogens is 292 g/mol. The van der Waals surface area contributed by atoms with Crippen molar-refractivity contribution in [2.75, 3.05) is 19.7 Å². The average Bonchev–Trinajstić information content (AvgIpc) is 2.80. The zero-order valence-electron chi connectivity index (χ0n) is 13.4. The Morgan fingerprint density at radius 3 is 2.70 bits per heavy atom. The van der Waals surface area contributed by atoms with Crippen LogP contribution in [0.15, 0.2) is 30.8 Å². The first kappa shape index (κ1) is 15.7. The fourth-order valence-corrected chi connectivity index (χ4v) is 3.57. The lowest BCUT2D eigenvalue weighted by atomic mass is 9.91. The van der Waals surface area contributed by atoms with E-state index in [0.717, 1.165) is 18.4 Å². The Balaban J connectivity index is 1.76. The van der Waals surface area contributed by atoms with Gasteiger partial charge in [-0.15, -0.1) is 0 Å². The predicted octanol–water partition coefficient (Wildman–Crippen LogP) is 1.73. The number of hydrogen-bond acceptors (Lipinski definition) is 3. The third kappa shape index (κ3) is 2.65. The number of piperidine rings is 1. The molecule has 2 aliphatic rings. The Hall–Kier alpha value is -2.14. The molecular formula is C18H22N2O3. The molecule has 0 saturated carbocycles. The van der Waals surface area contributed by atoms with Crippen LogP contribution in [0.2, 0.25) is 0 Å². The number of carbonyl (C=O) groups is 2. The molecule has 1 fully saturated rings. The van der Waals surface area contributed by atoms with Gasteiger partial charge in [-0.1, -0.05) is 31.7 Å². The SMILES string of the molecule is C=C1c2ccccc2C(=O)N1CC(=O)N1CCCC(C)C1CO. The molecule has 2 amide bonds. The van der Waals surface area contributed by atoms with Crippen molar-refractivity contribution in [3.63, 3.8) is 0 Å². The molecule has 0 radical (unpaired) electrons. The van der Waals surface area contributed by atoms with Crippen molar-refractivity contribution in [3.05, 3.63) is 42.0 Å². The summed E-state index contributed by atoms with van der Waals surface area (Å²) in [5.74, 6) is -0.0326. The van der Waals surface area contributed by atoms with Crippen LogP contribution in [0.3, 0.4) is 0 Å². The number of benzene rings is 1. The summed E-state index contributed by atoms with van der Waals surface area (Å²) in [6, 6.07) is 7.11. The Kier molecular flexibility index (Phi) is 4.22. The molecule has 122 valence electrons. The minimum atomic E-state index is -0.176. The minimum Gasteiger partial charge on any atom is -0.394 e. The van der Waals surface area contributed by atoms with Gasteiger partial charge >= 0.3 is 0 Å². The number of nitrogens with zero attached hydrogens (tertiary/aromatic N) is 2. The zero-order chi connectivity index (χ0) is 16.6. The summed E-state index contributed by atoms with van der Waals surface area (Å²) >= 11 is 0. The lowest BCUT2D eigenvalue weighted by molar-refractivity contribution is -0.137. The Bertz CT molecular complexity index is 620. The van der Waals surface area contributed by atoms with Gasteiger partial charge in [0.05, 0.1) is 12.6 Å². The van der Waals surface area contributed by atoms with E-state index in [2.05, 4.69) is 13.5 Å². The topological polar surface area (TPSA) is 60.9 Å². The number of fused-ring (bicyclic) bond motifs is 1. The van der Waals surface area contributed by atoms with E-state index in [-0.39, 0.29) is 36.9 Å². The molecule has 0 spiro atoms. The van der Waals surface area contributed by atoms with Crippen LogP contribution in [-0.4, -0.2) is 52.5 Å². The molecule has 1 N–H and O–H groups in total. The van der Waals surface area contributed by atoms with E-state index in [1.54, 1.807) is 11.0 Å². The highest BCUT2D eigenvalue weighted by Gasteiger charge is 2.36. The highest BCUT2D eigenvalue weighted by molar-refractivity contribution is 6.10. The van der Waals surface area contributed by atoms with Gasteiger partial charge in [-0.2, -0.15) is 0 Å². The quantitative estimate of drug-likeness (QED) is 0.924. The van der Waals surface area contributed by atoms with E-state index in [4.69, 9.17) is 0 Å². The van der Waals surface area contributed by atoms with E-state index < -0.39 is 0 Å². The minimum absolute atomic E-state index is 0.0183. The molecule has 1 aromatic rings. The average molecular weight is 314 g/mol. The maximum absolute atomic E-state index is 12.7. The number of amides is 2. The fraction of sp³-hybridized carbons (Fsp3) is 0.444. The molecule has 5 nitrogen and oxygen atoms in total. The van der Waals surface area contributed by atoms with E-state index in [9.17, 15) is 14.7 Å². The van der Waals surface area contributed by atoms with Gasteiger partial charge in [0.1, 0.15) is 6.54 Å². The van der Waals surface area contributed by atoms with Crippen molar-refractivity contribution in [1.29, 1.82) is 0 Å². The summed E-state index contributed by atoms with van der Waals surface area (Å²) in [7, 11) is 0. The first-order valence-electron chi connectivity index (χ1n) is 8.05. The van der Waals surface area contributed by atoms with E-state index >= 15 is 0 Å². The number of aliphatic hydroxyl groups excluding tert-OH is 1. The first-order valence-corrected chi connectivity index (χ1v) is 8.05. The van der Waals surface area contributed by atoms with Crippen LogP contribution in [-0.2, 0) is 4.79 Å². The highest BCUT2D eigenvalue weighted by atomic mass is 16.3. The van der Waals surface area contributed by atoms with Gasteiger partial charge in [0.2, 0.25) is 5.91 Å². The van der Waals surface area contributed by atoms with Gasteiger partial charge in [-0.05, 0) is 24.8 Å². The summed E-state index contributed by atoms with van der Waals surface area (Å²) < 4.78 is 0. The molecule has 2 atom stereocenters. The normalized spacial score (nSPS) is 24.1. The molecule has 1 saturated heterocycles. The predicted molar refractivity (Wildman–Crippen MR) is 87.5 cm³/mol. The summed E-state index contributed by atoms with van der Waals surface area (Å²) in [6.07, 6.45) is 1.94. The van der Waals surface area contributed by atoms with E-state index in [0.29, 0.717) is 17.8 Å². The standard InChI is InChI=1S/C18H22N2O3/c1-12-6-5-9-19(16(12)11-21)17(22)10-20-13(2)14-7-3-4-8-15(14)18(20)23/h3-4,7-8,12,16,21H,2,5-6,9-11H2,1H3. The van der Waals surface area contributed by atoms with Crippen LogP contribution < -0.4 is 0 Å². The highest BCUT2D eigenvalue weighted by Crippen LogP contribution is 2.31. The summed E-state index contributed by atoms with van der Waals surface area (Å²) in [4.78, 5) is 28.3. The molecule has 3 rings (SSSR count). The summed E-state index contributed by atoms with van der Waals surface area (Å²) in [5, 5.41) is 9.60. The van der Waals surface area contributed by atoms with Crippen LogP contribution in [0, 0.1) is 5.92 Å². The Morgan fingerprint density at radius 2 is 2.04 bits per heavy atom. The molecule has 2 heterocycles. The van der Waals surface area contributed by atoms with Crippen LogP contribution in [0.4, 0.5) is 0 Å². The number of carbonyl (C=O) groups excluding carboxylic acids is 2. The molecule has 2 unspecified atom stereocenters. The molecule has 0 aromatic heterocycles. The molecule has 1 aromatic carbocycles. The van der Waals surface area contributed by atoms with E-state index in [1.807, 2.05) is 18.2 Å². The van der Waals surface area contributed by atoms with Crippen LogP contribution in [0.5, 0.6) is 0 Å². The summed E-state index contributed by atoms with van der Waals surface area (Å²) in [5.41, 5.74) is 1.96. The zero-order valence-corrected chi connectivity index (χ0v) is 13.4. The number of likely N-dealkylation sites (tertiary alicyclic amines) is 1. The fourth-order valence-electron chi connectivity index (χ4n) is 3.57. The first-order chi connectivity index (χ1) is 11.0. The molecule has 23 heavy (non-hydrogen) atoms. The second-order valence-electron chi connectivity index (χ2n) is 6.34. The van der Waals surface area contributed by atoms with Gasteiger partial charge in [-0.25, -0.2) is 0 Å². The molecule has 2 aliphatic heterocycles. The van der Waals surface area contributed by atoms with Gasteiger partial charge in [0, 0.05) is 23.4 Å². The lowest BCUT2D eigenvalue weighted by Crippen LogP contribution is -2.52. The largest absolute Gasteiger partial charge is 0.394 e. The van der Waals surface area contributed by atoms with Crippen molar-refractivity contribution in [2.45, 2.75) is 25.8 Å². The van der Waals surface area contributed by atoms with Crippen molar-refractivity contribution < 1.29 is 14.7 Å². The maximum atomic E-state index is 12.7. The molecule has 0 aliphatic carbocycles. The van der Waals surface area contributed by atoms with Crippen molar-refractivity contribution in [1.82, 2.24) is 9.80 Å². The Morgan fingerprint density at radius 1 is 1.35 bits per heavy atom. The second-order valence-corrected chi connectivity index (χ2v) is 6.34. The van der Waals surface area contributed by atoms with Crippen molar-refractivity contribution in [2.24, 2.45) is 5.92 Å². The maximum Gasteiger partial charge on any atom is 0.259 e. The van der Waals surface area contributed by atoms with Gasteiger partial charge < -0.3 is 10.0 Å². The molecule has 0 bridgehead atoms. The second kappa shape index (κ2) is 6.16. The van der Waals surface area contributed by atoms with Crippen molar-refractivity contribution in [3.8, 4) is 0 Å². The Labute approximate surface area is 136 Å². The van der Waals surface area contributed by atoms with Gasteiger partial charge in [-0.3, -0.25) is 14.5 Å². The molecule has 5 heteroatoms. The third-order valence-corrected chi connectivity index (χ3v) is 4.96. The van der Waals surface area contributed by atoms with E-state index in [1.165, 1.54) is 4.90 Å². The van der Waals surface area contributed by atoms with Gasteiger partial charge in [0.15, 0.2) is 0 Å². The van der Waals surface area contributed by atoms with Crippen LogP contribution in [0.1, 0.15) is 35.7 Å². The number of rotatable bonds is 3. The smallest absolute Gasteiger partial charge is 0.259 e. The van der Waals surface area contributed by atoms with Gasteiger partial charge in [0.25, 0.3) is 5.91 Å². The van der Waals surface area contributed by atoms with Crippen molar-refractivity contribution >= 4 is 17.5 Å². The summed E-state index contributed by atoms with van der Waals surface area (Å²) in [6.45, 7) is 6.59.